The minimum absolute atomic E-state index is 0.263. The quantitative estimate of drug-likeness (QED) is 0.856. The van der Waals surface area contributed by atoms with Crippen LogP contribution in [0.15, 0.2) is 18.2 Å². The van der Waals surface area contributed by atoms with Gasteiger partial charge in [-0.25, -0.2) is 9.07 Å². The molecule has 1 aromatic carbocycles. The minimum Gasteiger partial charge on any atom is -0.399 e. The summed E-state index contributed by atoms with van der Waals surface area (Å²) >= 11 is 0. The summed E-state index contributed by atoms with van der Waals surface area (Å²) < 4.78 is 15.3. The summed E-state index contributed by atoms with van der Waals surface area (Å²) in [6.45, 7) is 4.49. The van der Waals surface area contributed by atoms with Crippen LogP contribution in [0.3, 0.4) is 0 Å². The fourth-order valence-electron chi connectivity index (χ4n) is 2.98. The van der Waals surface area contributed by atoms with E-state index in [-0.39, 0.29) is 11.9 Å². The Kier molecular flexibility index (Phi) is 2.96. The predicted octanol–water partition coefficient (Wildman–Crippen LogP) is 2.81. The maximum Gasteiger partial charge on any atom is 0.182 e. The van der Waals surface area contributed by atoms with Crippen LogP contribution in [0.5, 0.6) is 0 Å². The molecule has 20 heavy (non-hydrogen) atoms. The molecule has 0 aliphatic heterocycles. The van der Waals surface area contributed by atoms with Crippen molar-refractivity contribution in [3.63, 3.8) is 0 Å². The summed E-state index contributed by atoms with van der Waals surface area (Å²) in [4.78, 5) is 0. The van der Waals surface area contributed by atoms with Crippen molar-refractivity contribution >= 4 is 5.69 Å². The molecule has 3 rings (SSSR count). The summed E-state index contributed by atoms with van der Waals surface area (Å²) in [5.74, 6) is 0.209. The number of nitrogens with two attached hydrogens (primary N) is 1. The van der Waals surface area contributed by atoms with Crippen molar-refractivity contribution in [3.8, 4) is 11.4 Å². The van der Waals surface area contributed by atoms with Gasteiger partial charge in [-0.3, -0.25) is 0 Å². The summed E-state index contributed by atoms with van der Waals surface area (Å²) in [6, 6.07) is 4.67. The lowest BCUT2D eigenvalue weighted by molar-refractivity contribution is 0.349. The van der Waals surface area contributed by atoms with E-state index in [1.807, 2.05) is 4.68 Å². The van der Waals surface area contributed by atoms with Crippen molar-refractivity contribution in [2.24, 2.45) is 5.41 Å². The number of aromatic nitrogens is 4. The third-order valence-electron chi connectivity index (χ3n) is 3.96. The number of nitrogens with zero attached hydrogens (tertiary/aromatic N) is 4. The highest BCUT2D eigenvalue weighted by Crippen LogP contribution is 2.44. The van der Waals surface area contributed by atoms with E-state index in [1.165, 1.54) is 12.1 Å². The molecule has 1 aromatic heterocycles. The summed E-state index contributed by atoms with van der Waals surface area (Å²) in [5.41, 5.74) is 6.99. The van der Waals surface area contributed by atoms with Gasteiger partial charge < -0.3 is 5.73 Å². The van der Waals surface area contributed by atoms with Gasteiger partial charge in [0.15, 0.2) is 5.82 Å². The summed E-state index contributed by atoms with van der Waals surface area (Å²) in [7, 11) is 0. The first-order chi connectivity index (χ1) is 9.44. The van der Waals surface area contributed by atoms with Crippen molar-refractivity contribution in [2.45, 2.75) is 39.2 Å². The average molecular weight is 275 g/mol. The average Bonchev–Trinajstić information content (AvgIpc) is 2.93. The first-order valence-electron chi connectivity index (χ1n) is 6.79. The third kappa shape index (κ3) is 2.37. The molecule has 0 spiro atoms. The molecule has 0 radical (unpaired) electrons. The van der Waals surface area contributed by atoms with Crippen molar-refractivity contribution in [1.82, 2.24) is 20.2 Å². The number of benzene rings is 1. The standard InChI is InChI=1S/C14H18FN5/c1-14(2)4-3-12(8-14)20-13(17-18-19-20)9-5-10(15)7-11(16)6-9/h5-7,12H,3-4,8,16H2,1-2H3. The van der Waals surface area contributed by atoms with Crippen LogP contribution in [0.2, 0.25) is 0 Å². The van der Waals surface area contributed by atoms with Gasteiger partial charge in [-0.2, -0.15) is 0 Å². The fourth-order valence-corrected chi connectivity index (χ4v) is 2.98. The smallest absolute Gasteiger partial charge is 0.182 e. The van der Waals surface area contributed by atoms with Gasteiger partial charge in [0.25, 0.3) is 0 Å². The normalized spacial score (nSPS) is 21.2. The van der Waals surface area contributed by atoms with Crippen LogP contribution in [0, 0.1) is 11.2 Å². The Hall–Kier alpha value is -1.98. The van der Waals surface area contributed by atoms with E-state index in [0.29, 0.717) is 22.5 Å². The van der Waals surface area contributed by atoms with Gasteiger partial charge in [0, 0.05) is 11.3 Å². The van der Waals surface area contributed by atoms with Gasteiger partial charge in [-0.1, -0.05) is 13.8 Å². The van der Waals surface area contributed by atoms with E-state index in [2.05, 4.69) is 29.4 Å². The molecule has 1 saturated carbocycles. The second-order valence-electron chi connectivity index (χ2n) is 6.28. The van der Waals surface area contributed by atoms with E-state index in [0.717, 1.165) is 19.3 Å². The minimum atomic E-state index is -0.374. The van der Waals surface area contributed by atoms with Crippen LogP contribution in [0.25, 0.3) is 11.4 Å². The van der Waals surface area contributed by atoms with E-state index < -0.39 is 0 Å². The van der Waals surface area contributed by atoms with Gasteiger partial charge in [0.05, 0.1) is 6.04 Å². The summed E-state index contributed by atoms with van der Waals surface area (Å²) in [6.07, 6.45) is 3.20. The molecule has 0 amide bonds. The van der Waals surface area contributed by atoms with Crippen LogP contribution >= 0.6 is 0 Å². The zero-order valence-corrected chi connectivity index (χ0v) is 11.7. The van der Waals surface area contributed by atoms with Crippen molar-refractivity contribution in [2.75, 3.05) is 5.73 Å². The Bertz CT molecular complexity index is 614. The number of nitrogen functional groups attached to an aromatic ring is 1. The van der Waals surface area contributed by atoms with Gasteiger partial charge in [0.1, 0.15) is 5.82 Å². The zero-order chi connectivity index (χ0) is 14.3. The lowest BCUT2D eigenvalue weighted by Gasteiger charge is -2.17. The molecule has 1 fully saturated rings. The molecule has 1 aliphatic carbocycles. The van der Waals surface area contributed by atoms with Gasteiger partial charge in [0.2, 0.25) is 0 Å². The molecule has 6 heteroatoms. The molecular formula is C14H18FN5. The maximum atomic E-state index is 13.5. The Morgan fingerprint density at radius 2 is 2.15 bits per heavy atom. The molecule has 0 bridgehead atoms. The maximum absolute atomic E-state index is 13.5. The highest BCUT2D eigenvalue weighted by atomic mass is 19.1. The first kappa shape index (κ1) is 13.0. The first-order valence-corrected chi connectivity index (χ1v) is 6.79. The van der Waals surface area contributed by atoms with Crippen molar-refractivity contribution < 1.29 is 4.39 Å². The van der Waals surface area contributed by atoms with Gasteiger partial charge in [-0.05, 0) is 53.3 Å². The van der Waals surface area contributed by atoms with Crippen molar-refractivity contribution in [3.05, 3.63) is 24.0 Å². The topological polar surface area (TPSA) is 69.6 Å². The van der Waals surface area contributed by atoms with E-state index >= 15 is 0 Å². The molecule has 1 heterocycles. The van der Waals surface area contributed by atoms with Crippen LogP contribution < -0.4 is 5.73 Å². The largest absolute Gasteiger partial charge is 0.399 e. The van der Waals surface area contributed by atoms with E-state index in [9.17, 15) is 4.39 Å². The predicted molar refractivity (Wildman–Crippen MR) is 74.3 cm³/mol. The molecular weight excluding hydrogens is 257 g/mol. The number of anilines is 1. The number of halogens is 1. The SMILES string of the molecule is CC1(C)CCC(n2nnnc2-c2cc(N)cc(F)c2)C1. The molecule has 1 aliphatic rings. The Labute approximate surface area is 117 Å². The highest BCUT2D eigenvalue weighted by Gasteiger charge is 2.34. The van der Waals surface area contributed by atoms with Gasteiger partial charge >= 0.3 is 0 Å². The van der Waals surface area contributed by atoms with Crippen LogP contribution in [0.4, 0.5) is 10.1 Å². The zero-order valence-electron chi connectivity index (χ0n) is 11.7. The van der Waals surface area contributed by atoms with Crippen LogP contribution in [-0.4, -0.2) is 20.2 Å². The van der Waals surface area contributed by atoms with Gasteiger partial charge in [-0.15, -0.1) is 5.10 Å². The lowest BCUT2D eigenvalue weighted by atomic mass is 9.92. The van der Waals surface area contributed by atoms with Crippen LogP contribution in [0.1, 0.15) is 39.2 Å². The molecule has 2 N–H and O–H groups in total. The number of rotatable bonds is 2. The molecule has 0 saturated heterocycles. The number of hydrogen-bond acceptors (Lipinski definition) is 4. The molecule has 5 nitrogen and oxygen atoms in total. The number of tetrazole rings is 1. The van der Waals surface area contributed by atoms with Crippen LogP contribution in [-0.2, 0) is 0 Å². The molecule has 1 unspecified atom stereocenters. The second kappa shape index (κ2) is 4.54. The summed E-state index contributed by atoms with van der Waals surface area (Å²) in [5, 5.41) is 11.9. The fraction of sp³-hybridized carbons (Fsp3) is 0.500. The lowest BCUT2D eigenvalue weighted by Crippen LogP contribution is -2.12. The van der Waals surface area contributed by atoms with E-state index in [1.54, 1.807) is 6.07 Å². The Morgan fingerprint density at radius 3 is 2.80 bits per heavy atom. The van der Waals surface area contributed by atoms with E-state index in [4.69, 9.17) is 5.73 Å². The number of hydrogen-bond donors (Lipinski definition) is 1. The Balaban J connectivity index is 1.98. The molecule has 2 aromatic rings. The monoisotopic (exact) mass is 275 g/mol. The van der Waals surface area contributed by atoms with Crippen molar-refractivity contribution in [1.29, 1.82) is 0 Å². The molecule has 1 atom stereocenters. The Morgan fingerprint density at radius 1 is 1.35 bits per heavy atom. The second-order valence-corrected chi connectivity index (χ2v) is 6.28. The molecule has 106 valence electrons. The highest BCUT2D eigenvalue weighted by molar-refractivity contribution is 5.61. The third-order valence-corrected chi connectivity index (χ3v) is 3.96.